The summed E-state index contributed by atoms with van der Waals surface area (Å²) in [7, 11) is 0. The molecule has 158 valence electrons. The summed E-state index contributed by atoms with van der Waals surface area (Å²) >= 11 is 0. The standard InChI is InChI=1S/C26H36O3/c1-24(2,3)20-15-22(26(7,8)9)21(25(4,5)6)14-19(20)18-13-11-10-12-17(18)16-29-23(27)28/h10-15H,16H2,1-9H3,(H,27,28). The molecule has 0 saturated carbocycles. The van der Waals surface area contributed by atoms with Crippen molar-refractivity contribution in [3.05, 3.63) is 58.7 Å². The molecule has 2 aromatic rings. The highest BCUT2D eigenvalue weighted by atomic mass is 16.7. The van der Waals surface area contributed by atoms with Crippen molar-refractivity contribution >= 4 is 6.16 Å². The molecule has 3 heteroatoms. The normalized spacial score (nSPS) is 12.7. The van der Waals surface area contributed by atoms with Crippen LogP contribution in [0.4, 0.5) is 4.79 Å². The van der Waals surface area contributed by atoms with Crippen LogP contribution in [0.5, 0.6) is 0 Å². The topological polar surface area (TPSA) is 46.5 Å². The summed E-state index contributed by atoms with van der Waals surface area (Å²) in [6, 6.07) is 12.6. The van der Waals surface area contributed by atoms with Crippen LogP contribution in [0.15, 0.2) is 36.4 Å². The van der Waals surface area contributed by atoms with E-state index in [9.17, 15) is 4.79 Å². The SMILES string of the molecule is CC(C)(C)c1cc(C(C)(C)C)c(C(C)(C)C)cc1-c1ccccc1COC(=O)O. The Hall–Kier alpha value is -2.29. The molecule has 0 aromatic heterocycles. The first kappa shape index (κ1) is 23.0. The molecule has 0 fully saturated rings. The Kier molecular flexibility index (Phi) is 6.23. The van der Waals surface area contributed by atoms with Gasteiger partial charge in [-0.05, 0) is 49.6 Å². The molecule has 0 radical (unpaired) electrons. The lowest BCUT2D eigenvalue weighted by Gasteiger charge is -2.34. The number of rotatable bonds is 3. The van der Waals surface area contributed by atoms with Crippen LogP contribution in [0.3, 0.4) is 0 Å². The molecule has 0 heterocycles. The second kappa shape index (κ2) is 7.85. The van der Waals surface area contributed by atoms with Crippen molar-refractivity contribution in [1.82, 2.24) is 0 Å². The summed E-state index contributed by atoms with van der Waals surface area (Å²) in [6.07, 6.45) is -1.26. The predicted molar refractivity (Wildman–Crippen MR) is 121 cm³/mol. The smallest absolute Gasteiger partial charge is 0.450 e. The molecule has 0 aliphatic carbocycles. The molecule has 0 aliphatic heterocycles. The van der Waals surface area contributed by atoms with Gasteiger partial charge in [0.05, 0.1) is 0 Å². The second-order valence-corrected chi connectivity index (χ2v) is 10.9. The Morgan fingerprint density at radius 1 is 0.759 bits per heavy atom. The van der Waals surface area contributed by atoms with Crippen LogP contribution in [-0.2, 0) is 27.6 Å². The molecule has 0 unspecified atom stereocenters. The summed E-state index contributed by atoms with van der Waals surface area (Å²) in [5.74, 6) is 0. The van der Waals surface area contributed by atoms with Gasteiger partial charge in [-0.2, -0.15) is 0 Å². The van der Waals surface area contributed by atoms with Crippen molar-refractivity contribution in [2.24, 2.45) is 0 Å². The Bertz CT molecular complexity index is 888. The van der Waals surface area contributed by atoms with E-state index in [0.29, 0.717) is 0 Å². The zero-order valence-corrected chi connectivity index (χ0v) is 19.4. The Morgan fingerprint density at radius 3 is 1.72 bits per heavy atom. The molecule has 0 bridgehead atoms. The Labute approximate surface area is 176 Å². The van der Waals surface area contributed by atoms with Crippen LogP contribution >= 0.6 is 0 Å². The number of carbonyl (C=O) groups is 1. The fourth-order valence-corrected chi connectivity index (χ4v) is 3.73. The maximum atomic E-state index is 11.0. The number of hydrogen-bond acceptors (Lipinski definition) is 2. The van der Waals surface area contributed by atoms with Crippen molar-refractivity contribution in [3.63, 3.8) is 0 Å². The molecular formula is C26H36O3. The average molecular weight is 397 g/mol. The minimum Gasteiger partial charge on any atom is -0.450 e. The van der Waals surface area contributed by atoms with Crippen LogP contribution in [0.25, 0.3) is 11.1 Å². The molecule has 3 nitrogen and oxygen atoms in total. The van der Waals surface area contributed by atoms with E-state index in [1.807, 2.05) is 18.2 Å². The monoisotopic (exact) mass is 396 g/mol. The molecule has 0 amide bonds. The van der Waals surface area contributed by atoms with Crippen LogP contribution in [0.2, 0.25) is 0 Å². The third-order valence-electron chi connectivity index (χ3n) is 5.24. The van der Waals surface area contributed by atoms with E-state index in [4.69, 9.17) is 9.84 Å². The molecule has 0 saturated heterocycles. The predicted octanol–water partition coefficient (Wildman–Crippen LogP) is 7.44. The third kappa shape index (κ3) is 5.41. The molecule has 2 rings (SSSR count). The first-order valence-corrected chi connectivity index (χ1v) is 10.3. The van der Waals surface area contributed by atoms with Crippen LogP contribution in [0, 0.1) is 0 Å². The molecule has 2 aromatic carbocycles. The molecule has 0 spiro atoms. The fourth-order valence-electron chi connectivity index (χ4n) is 3.73. The maximum absolute atomic E-state index is 11.0. The van der Waals surface area contributed by atoms with E-state index in [1.54, 1.807) is 0 Å². The largest absolute Gasteiger partial charge is 0.506 e. The zero-order chi connectivity index (χ0) is 22.2. The van der Waals surface area contributed by atoms with Gasteiger partial charge in [-0.1, -0.05) is 98.7 Å². The number of hydrogen-bond donors (Lipinski definition) is 1. The van der Waals surface area contributed by atoms with Gasteiger partial charge in [0.25, 0.3) is 0 Å². The van der Waals surface area contributed by atoms with E-state index >= 15 is 0 Å². The van der Waals surface area contributed by atoms with Crippen LogP contribution < -0.4 is 0 Å². The summed E-state index contributed by atoms with van der Waals surface area (Å²) in [5.41, 5.74) is 6.95. The van der Waals surface area contributed by atoms with Crippen molar-refractivity contribution in [2.75, 3.05) is 0 Å². The lowest BCUT2D eigenvalue weighted by molar-refractivity contribution is 0.0855. The van der Waals surface area contributed by atoms with E-state index < -0.39 is 6.16 Å². The van der Waals surface area contributed by atoms with Crippen molar-refractivity contribution in [2.45, 2.75) is 85.2 Å². The Balaban J connectivity index is 2.87. The minimum atomic E-state index is -1.26. The maximum Gasteiger partial charge on any atom is 0.506 e. The number of benzene rings is 2. The Morgan fingerprint density at radius 2 is 1.24 bits per heavy atom. The molecular weight excluding hydrogens is 360 g/mol. The van der Waals surface area contributed by atoms with Gasteiger partial charge in [0.2, 0.25) is 0 Å². The van der Waals surface area contributed by atoms with Crippen molar-refractivity contribution in [1.29, 1.82) is 0 Å². The van der Waals surface area contributed by atoms with Gasteiger partial charge in [0.15, 0.2) is 0 Å². The highest BCUT2D eigenvalue weighted by Gasteiger charge is 2.30. The highest BCUT2D eigenvalue weighted by Crippen LogP contribution is 2.43. The molecule has 29 heavy (non-hydrogen) atoms. The summed E-state index contributed by atoms with van der Waals surface area (Å²) in [4.78, 5) is 11.0. The van der Waals surface area contributed by atoms with Crippen molar-refractivity contribution < 1.29 is 14.6 Å². The second-order valence-electron chi connectivity index (χ2n) is 10.9. The quantitative estimate of drug-likeness (QED) is 0.548. The summed E-state index contributed by atoms with van der Waals surface area (Å²) in [6.45, 7) is 20.3. The van der Waals surface area contributed by atoms with Gasteiger partial charge in [-0.25, -0.2) is 4.79 Å². The van der Waals surface area contributed by atoms with Crippen molar-refractivity contribution in [3.8, 4) is 11.1 Å². The van der Waals surface area contributed by atoms with Gasteiger partial charge in [0, 0.05) is 0 Å². The lowest BCUT2D eigenvalue weighted by atomic mass is 9.70. The number of ether oxygens (including phenoxy) is 1. The lowest BCUT2D eigenvalue weighted by Crippen LogP contribution is -2.24. The van der Waals surface area contributed by atoms with Gasteiger partial charge < -0.3 is 9.84 Å². The fraction of sp³-hybridized carbons (Fsp3) is 0.500. The van der Waals surface area contributed by atoms with E-state index in [2.05, 4.69) is 80.5 Å². The molecule has 0 aliphatic rings. The van der Waals surface area contributed by atoms with Crippen LogP contribution in [0.1, 0.15) is 84.6 Å². The summed E-state index contributed by atoms with van der Waals surface area (Å²) in [5, 5.41) is 8.97. The third-order valence-corrected chi connectivity index (χ3v) is 5.24. The summed E-state index contributed by atoms with van der Waals surface area (Å²) < 4.78 is 4.91. The van der Waals surface area contributed by atoms with E-state index in [-0.39, 0.29) is 22.9 Å². The molecule has 1 N–H and O–H groups in total. The number of carboxylic acid groups (broad SMARTS) is 1. The molecule has 0 atom stereocenters. The van der Waals surface area contributed by atoms with Gasteiger partial charge in [-0.15, -0.1) is 0 Å². The average Bonchev–Trinajstić information content (AvgIpc) is 2.56. The van der Waals surface area contributed by atoms with Crippen LogP contribution in [-0.4, -0.2) is 11.3 Å². The van der Waals surface area contributed by atoms with Gasteiger partial charge in [-0.3, -0.25) is 0 Å². The van der Waals surface area contributed by atoms with E-state index in [0.717, 1.165) is 16.7 Å². The van der Waals surface area contributed by atoms with Gasteiger partial charge in [0.1, 0.15) is 6.61 Å². The first-order valence-electron chi connectivity index (χ1n) is 10.3. The van der Waals surface area contributed by atoms with Gasteiger partial charge >= 0.3 is 6.16 Å². The highest BCUT2D eigenvalue weighted by molar-refractivity contribution is 5.74. The van der Waals surface area contributed by atoms with E-state index in [1.165, 1.54) is 16.7 Å². The zero-order valence-electron chi connectivity index (χ0n) is 19.4. The first-order chi connectivity index (χ1) is 13.1. The minimum absolute atomic E-state index is 0.0136.